The van der Waals surface area contributed by atoms with Gasteiger partial charge in [-0.25, -0.2) is 15.0 Å². The molecule has 4 heterocycles. The summed E-state index contributed by atoms with van der Waals surface area (Å²) >= 11 is 1.47. The highest BCUT2D eigenvalue weighted by Crippen LogP contribution is 2.41. The average molecular weight is 444 g/mol. The first-order chi connectivity index (χ1) is 15.6. The Balaban J connectivity index is 1.32. The van der Waals surface area contributed by atoms with Gasteiger partial charge in [-0.15, -0.1) is 11.3 Å². The molecule has 1 spiro atoms. The number of benzene rings is 2. The lowest BCUT2D eigenvalue weighted by Crippen LogP contribution is -2.66. The maximum Gasteiger partial charge on any atom is 0.163 e. The summed E-state index contributed by atoms with van der Waals surface area (Å²) in [4.78, 5) is 17.1. The summed E-state index contributed by atoms with van der Waals surface area (Å²) in [6.07, 6.45) is 0. The summed E-state index contributed by atoms with van der Waals surface area (Å²) < 4.78 is 5.39. The van der Waals surface area contributed by atoms with Gasteiger partial charge >= 0.3 is 0 Å². The van der Waals surface area contributed by atoms with Gasteiger partial charge < -0.3 is 20.1 Å². The minimum Gasteiger partial charge on any atom is -0.508 e. The van der Waals surface area contributed by atoms with Crippen LogP contribution in [-0.2, 0) is 4.74 Å². The van der Waals surface area contributed by atoms with Crippen LogP contribution in [0.3, 0.4) is 0 Å². The van der Waals surface area contributed by atoms with E-state index >= 15 is 0 Å². The third-order valence-electron chi connectivity index (χ3n) is 6.00. The molecular weight excluding hydrogens is 422 g/mol. The molecule has 2 aliphatic rings. The Morgan fingerprint density at radius 3 is 2.75 bits per heavy atom. The number of anilines is 3. The first kappa shape index (κ1) is 19.2. The lowest BCUT2D eigenvalue weighted by atomic mass is 9.78. The highest BCUT2D eigenvalue weighted by molar-refractivity contribution is 7.16. The molecule has 2 aromatic carbocycles. The molecule has 0 saturated carbocycles. The molecule has 32 heavy (non-hydrogen) atoms. The molecule has 4 aromatic rings. The van der Waals surface area contributed by atoms with Crippen LogP contribution in [0, 0.1) is 5.41 Å². The number of nitrogens with one attached hydrogen (secondary N) is 1. The number of fused-ring (bicyclic) bond motifs is 1. The second kappa shape index (κ2) is 7.29. The van der Waals surface area contributed by atoms with Crippen molar-refractivity contribution in [3.8, 4) is 11.4 Å². The number of aromatic nitrogens is 3. The molecule has 160 valence electrons. The summed E-state index contributed by atoms with van der Waals surface area (Å²) in [6.45, 7) is 7.43. The summed E-state index contributed by atoms with van der Waals surface area (Å²) in [6, 6.07) is 15.8. The van der Waals surface area contributed by atoms with E-state index in [0.29, 0.717) is 22.6 Å². The second-order valence-corrected chi connectivity index (χ2v) is 9.29. The Labute approximate surface area is 189 Å². The van der Waals surface area contributed by atoms with Gasteiger partial charge in [-0.2, -0.15) is 0 Å². The van der Waals surface area contributed by atoms with E-state index in [-0.39, 0.29) is 5.76 Å². The lowest BCUT2D eigenvalue weighted by molar-refractivity contribution is -0.127. The van der Waals surface area contributed by atoms with Crippen LogP contribution in [0.4, 0.5) is 17.2 Å². The number of aliphatic hydroxyl groups is 1. The molecule has 2 saturated heterocycles. The summed E-state index contributed by atoms with van der Waals surface area (Å²) in [5.41, 5.74) is 6.46. The van der Waals surface area contributed by atoms with Crippen LogP contribution in [0.5, 0.6) is 0 Å². The predicted molar refractivity (Wildman–Crippen MR) is 127 cm³/mol. The Hall–Kier alpha value is -3.49. The lowest BCUT2D eigenvalue weighted by Gasteiger charge is -2.56. The molecule has 2 fully saturated rings. The van der Waals surface area contributed by atoms with Gasteiger partial charge in [-0.3, -0.25) is 0 Å². The van der Waals surface area contributed by atoms with Crippen molar-refractivity contribution in [3.05, 3.63) is 66.2 Å². The summed E-state index contributed by atoms with van der Waals surface area (Å²) in [5, 5.41) is 13.2. The van der Waals surface area contributed by atoms with Crippen molar-refractivity contribution in [2.45, 2.75) is 0 Å². The maximum atomic E-state index is 9.76. The van der Waals surface area contributed by atoms with Crippen molar-refractivity contribution in [3.63, 3.8) is 0 Å². The Kier molecular flexibility index (Phi) is 4.38. The molecule has 0 bridgehead atoms. The summed E-state index contributed by atoms with van der Waals surface area (Å²) in [7, 11) is 0. The van der Waals surface area contributed by atoms with Crippen LogP contribution in [0.2, 0.25) is 0 Å². The van der Waals surface area contributed by atoms with Gasteiger partial charge in [-0.05, 0) is 24.3 Å². The molecule has 7 nitrogen and oxygen atoms in total. The third-order valence-corrected chi connectivity index (χ3v) is 6.71. The molecule has 0 aliphatic carbocycles. The van der Waals surface area contributed by atoms with Gasteiger partial charge in [0.2, 0.25) is 0 Å². The van der Waals surface area contributed by atoms with E-state index in [4.69, 9.17) is 9.72 Å². The molecule has 0 radical (unpaired) electrons. The Morgan fingerprint density at radius 1 is 1.12 bits per heavy atom. The topological polar surface area (TPSA) is 83.4 Å². The molecule has 0 unspecified atom stereocenters. The van der Waals surface area contributed by atoms with E-state index in [1.807, 2.05) is 24.3 Å². The minimum atomic E-state index is 0.0159. The minimum absolute atomic E-state index is 0.0159. The van der Waals surface area contributed by atoms with Gasteiger partial charge in [0.1, 0.15) is 16.1 Å². The Bertz CT molecular complexity index is 1340. The zero-order valence-corrected chi connectivity index (χ0v) is 18.1. The molecule has 0 atom stereocenters. The van der Waals surface area contributed by atoms with E-state index in [9.17, 15) is 5.11 Å². The highest BCUT2D eigenvalue weighted by atomic mass is 32.1. The number of aliphatic hydroxyl groups excluding tert-OH is 1. The van der Waals surface area contributed by atoms with Crippen LogP contribution < -0.4 is 10.2 Å². The summed E-state index contributed by atoms with van der Waals surface area (Å²) in [5.74, 6) is 1.24. The first-order valence-electron chi connectivity index (χ1n) is 10.4. The standard InChI is InChI=1S/C24H21N5O2S/c1-15(30)16-4-2-5-17(8-16)21-27-22(20-23(28-21)32-14-25-20)26-18-6-3-7-19(9-18)29-10-24(11-29)12-31-13-24/h2-9,14,30H,1,10-13H2,(H,26,27,28). The van der Waals surface area contributed by atoms with Gasteiger partial charge in [-0.1, -0.05) is 30.8 Å². The number of rotatable bonds is 5. The fourth-order valence-corrected chi connectivity index (χ4v) is 4.91. The largest absolute Gasteiger partial charge is 0.508 e. The van der Waals surface area contributed by atoms with E-state index in [2.05, 4.69) is 45.0 Å². The molecule has 2 aromatic heterocycles. The van der Waals surface area contributed by atoms with Crippen LogP contribution in [0.25, 0.3) is 27.5 Å². The first-order valence-corrected chi connectivity index (χ1v) is 11.3. The fourth-order valence-electron chi connectivity index (χ4n) is 4.25. The molecule has 6 rings (SSSR count). The highest BCUT2D eigenvalue weighted by Gasteiger charge is 2.49. The quantitative estimate of drug-likeness (QED) is 0.426. The molecule has 0 amide bonds. The van der Waals surface area contributed by atoms with E-state index in [0.717, 1.165) is 47.9 Å². The van der Waals surface area contributed by atoms with Crippen LogP contribution in [0.15, 0.2) is 60.6 Å². The van der Waals surface area contributed by atoms with Gasteiger partial charge in [0, 0.05) is 35.6 Å². The van der Waals surface area contributed by atoms with Crippen molar-refractivity contribution in [1.29, 1.82) is 0 Å². The van der Waals surface area contributed by atoms with E-state index in [1.54, 1.807) is 11.6 Å². The van der Waals surface area contributed by atoms with Crippen molar-refractivity contribution < 1.29 is 9.84 Å². The number of hydrogen-bond acceptors (Lipinski definition) is 8. The van der Waals surface area contributed by atoms with E-state index < -0.39 is 0 Å². The number of thiazole rings is 1. The molecule has 2 N–H and O–H groups in total. The average Bonchev–Trinajstić information content (AvgIpc) is 3.21. The van der Waals surface area contributed by atoms with Crippen molar-refractivity contribution in [2.24, 2.45) is 5.41 Å². The zero-order chi connectivity index (χ0) is 21.7. The van der Waals surface area contributed by atoms with Crippen molar-refractivity contribution in [1.82, 2.24) is 15.0 Å². The zero-order valence-electron chi connectivity index (χ0n) is 17.3. The molecule has 8 heteroatoms. The second-order valence-electron chi connectivity index (χ2n) is 8.45. The van der Waals surface area contributed by atoms with Crippen LogP contribution in [-0.4, -0.2) is 46.4 Å². The SMILES string of the molecule is C=C(O)c1cccc(-c2nc(Nc3cccc(N4CC5(COC5)C4)c3)c3ncsc3n2)c1. The molecular formula is C24H21N5O2S. The van der Waals surface area contributed by atoms with Gasteiger partial charge in [0.15, 0.2) is 11.6 Å². The number of ether oxygens (including phenoxy) is 1. The maximum absolute atomic E-state index is 9.76. The monoisotopic (exact) mass is 443 g/mol. The molecule has 2 aliphatic heterocycles. The van der Waals surface area contributed by atoms with Crippen molar-refractivity contribution >= 4 is 44.6 Å². The Morgan fingerprint density at radius 2 is 1.97 bits per heavy atom. The van der Waals surface area contributed by atoms with Gasteiger partial charge in [0.05, 0.1) is 24.1 Å². The van der Waals surface area contributed by atoms with Crippen LogP contribution in [0.1, 0.15) is 5.56 Å². The van der Waals surface area contributed by atoms with Crippen molar-refractivity contribution in [2.75, 3.05) is 36.5 Å². The smallest absolute Gasteiger partial charge is 0.163 e. The fraction of sp³-hybridized carbons (Fsp3) is 0.208. The van der Waals surface area contributed by atoms with Gasteiger partial charge in [0.25, 0.3) is 0 Å². The third kappa shape index (κ3) is 3.28. The number of nitrogens with zero attached hydrogens (tertiary/aromatic N) is 4. The number of hydrogen-bond donors (Lipinski definition) is 2. The normalized spacial score (nSPS) is 16.6. The predicted octanol–water partition coefficient (Wildman–Crippen LogP) is 4.86. The van der Waals surface area contributed by atoms with Crippen LogP contribution >= 0.6 is 11.3 Å². The van der Waals surface area contributed by atoms with E-state index in [1.165, 1.54) is 17.0 Å².